The molecule has 56 valence electrons. The molecule has 0 saturated heterocycles. The van der Waals surface area contributed by atoms with Crippen LogP contribution in [-0.4, -0.2) is 27.7 Å². The van der Waals surface area contributed by atoms with Crippen LogP contribution in [0.15, 0.2) is 0 Å². The molecule has 0 aromatic heterocycles. The standard InChI is InChI=1S/C6H14O3/c1-2-3-5(7)4-6(8)9/h5-9H,2-4H2,1H3. The topological polar surface area (TPSA) is 60.7 Å². The zero-order valence-electron chi connectivity index (χ0n) is 5.62. The van der Waals surface area contributed by atoms with Crippen molar-refractivity contribution in [3.63, 3.8) is 0 Å². The van der Waals surface area contributed by atoms with Gasteiger partial charge in [-0.2, -0.15) is 0 Å². The second kappa shape index (κ2) is 4.73. The number of aliphatic hydroxyl groups excluding tert-OH is 2. The Hall–Kier alpha value is -0.120. The van der Waals surface area contributed by atoms with Crippen LogP contribution in [-0.2, 0) is 0 Å². The summed E-state index contributed by atoms with van der Waals surface area (Å²) in [6.45, 7) is 1.94. The Morgan fingerprint density at radius 3 is 2.11 bits per heavy atom. The minimum Gasteiger partial charge on any atom is -0.393 e. The summed E-state index contributed by atoms with van der Waals surface area (Å²) >= 11 is 0. The fraction of sp³-hybridized carbons (Fsp3) is 1.00. The van der Waals surface area contributed by atoms with Crippen LogP contribution >= 0.6 is 0 Å². The highest BCUT2D eigenvalue weighted by Gasteiger charge is 2.06. The highest BCUT2D eigenvalue weighted by Crippen LogP contribution is 2.02. The van der Waals surface area contributed by atoms with Gasteiger partial charge in [-0.05, 0) is 6.42 Å². The van der Waals surface area contributed by atoms with Crippen LogP contribution in [0.25, 0.3) is 0 Å². The second-order valence-corrected chi connectivity index (χ2v) is 2.16. The molecule has 0 saturated carbocycles. The van der Waals surface area contributed by atoms with Gasteiger partial charge in [0, 0.05) is 6.42 Å². The molecule has 0 spiro atoms. The zero-order chi connectivity index (χ0) is 7.28. The summed E-state index contributed by atoms with van der Waals surface area (Å²) in [5, 5.41) is 25.6. The van der Waals surface area contributed by atoms with Gasteiger partial charge in [0.1, 0.15) is 0 Å². The van der Waals surface area contributed by atoms with E-state index in [2.05, 4.69) is 0 Å². The van der Waals surface area contributed by atoms with Gasteiger partial charge in [0.2, 0.25) is 0 Å². The first kappa shape index (κ1) is 8.88. The van der Waals surface area contributed by atoms with Crippen LogP contribution in [0.1, 0.15) is 26.2 Å². The molecule has 1 unspecified atom stereocenters. The molecule has 0 fully saturated rings. The van der Waals surface area contributed by atoms with E-state index in [0.717, 1.165) is 6.42 Å². The van der Waals surface area contributed by atoms with Gasteiger partial charge in [-0.25, -0.2) is 0 Å². The molecule has 0 aromatic rings. The smallest absolute Gasteiger partial charge is 0.153 e. The van der Waals surface area contributed by atoms with Crippen molar-refractivity contribution in [3.8, 4) is 0 Å². The second-order valence-electron chi connectivity index (χ2n) is 2.16. The SMILES string of the molecule is CCCC(O)CC(O)O. The maximum absolute atomic E-state index is 8.90. The molecule has 0 aliphatic rings. The maximum atomic E-state index is 8.90. The van der Waals surface area contributed by atoms with Gasteiger partial charge in [-0.1, -0.05) is 13.3 Å². The van der Waals surface area contributed by atoms with Crippen molar-refractivity contribution in [1.29, 1.82) is 0 Å². The molecule has 0 amide bonds. The van der Waals surface area contributed by atoms with Gasteiger partial charge in [0.15, 0.2) is 6.29 Å². The lowest BCUT2D eigenvalue weighted by Gasteiger charge is -2.09. The van der Waals surface area contributed by atoms with E-state index in [-0.39, 0.29) is 6.42 Å². The molecule has 0 aliphatic heterocycles. The summed E-state index contributed by atoms with van der Waals surface area (Å²) < 4.78 is 0. The third-order valence-corrected chi connectivity index (χ3v) is 1.10. The molecule has 0 aromatic carbocycles. The van der Waals surface area contributed by atoms with E-state index in [9.17, 15) is 0 Å². The van der Waals surface area contributed by atoms with E-state index < -0.39 is 12.4 Å². The zero-order valence-corrected chi connectivity index (χ0v) is 5.62. The van der Waals surface area contributed by atoms with E-state index >= 15 is 0 Å². The molecule has 1 atom stereocenters. The largest absolute Gasteiger partial charge is 0.393 e. The van der Waals surface area contributed by atoms with Gasteiger partial charge >= 0.3 is 0 Å². The number of rotatable bonds is 4. The minimum atomic E-state index is -1.37. The van der Waals surface area contributed by atoms with Gasteiger partial charge in [0.25, 0.3) is 0 Å². The van der Waals surface area contributed by atoms with Crippen LogP contribution in [0, 0.1) is 0 Å². The number of hydrogen-bond acceptors (Lipinski definition) is 3. The molecule has 0 aliphatic carbocycles. The fourth-order valence-electron chi connectivity index (χ4n) is 0.694. The lowest BCUT2D eigenvalue weighted by Crippen LogP contribution is -2.16. The van der Waals surface area contributed by atoms with Gasteiger partial charge in [0.05, 0.1) is 6.10 Å². The van der Waals surface area contributed by atoms with Crippen molar-refractivity contribution < 1.29 is 15.3 Å². The normalized spacial score (nSPS) is 14.3. The number of aliphatic hydroxyl groups is 3. The molecule has 0 rings (SSSR count). The predicted octanol–water partition coefficient (Wildman–Crippen LogP) is -0.152. The van der Waals surface area contributed by atoms with Crippen LogP contribution in [0.5, 0.6) is 0 Å². The molecule has 3 heteroatoms. The summed E-state index contributed by atoms with van der Waals surface area (Å²) in [6.07, 6.45) is -0.360. The Kier molecular flexibility index (Phi) is 4.67. The number of hydrogen-bond donors (Lipinski definition) is 3. The third kappa shape index (κ3) is 5.76. The van der Waals surface area contributed by atoms with Crippen LogP contribution in [0.4, 0.5) is 0 Å². The molecule has 3 N–H and O–H groups in total. The van der Waals surface area contributed by atoms with E-state index in [1.807, 2.05) is 6.92 Å². The van der Waals surface area contributed by atoms with E-state index in [0.29, 0.717) is 6.42 Å². The predicted molar refractivity (Wildman–Crippen MR) is 33.8 cm³/mol. The van der Waals surface area contributed by atoms with E-state index in [4.69, 9.17) is 15.3 Å². The lowest BCUT2D eigenvalue weighted by atomic mass is 10.1. The molecule has 0 radical (unpaired) electrons. The van der Waals surface area contributed by atoms with Gasteiger partial charge < -0.3 is 15.3 Å². The molecular weight excluding hydrogens is 120 g/mol. The average Bonchev–Trinajstić information content (AvgIpc) is 1.63. The first-order valence-corrected chi connectivity index (χ1v) is 3.21. The Labute approximate surface area is 54.9 Å². The van der Waals surface area contributed by atoms with Crippen LogP contribution in [0.3, 0.4) is 0 Å². The fourth-order valence-corrected chi connectivity index (χ4v) is 0.694. The van der Waals surface area contributed by atoms with Crippen molar-refractivity contribution in [1.82, 2.24) is 0 Å². The Morgan fingerprint density at radius 1 is 1.22 bits per heavy atom. The quantitative estimate of drug-likeness (QED) is 0.468. The van der Waals surface area contributed by atoms with Gasteiger partial charge in [-0.15, -0.1) is 0 Å². The molecule has 3 nitrogen and oxygen atoms in total. The highest BCUT2D eigenvalue weighted by molar-refractivity contribution is 4.54. The Bertz CT molecular complexity index is 63.3. The summed E-state index contributed by atoms with van der Waals surface area (Å²) in [4.78, 5) is 0. The highest BCUT2D eigenvalue weighted by atomic mass is 16.5. The Balaban J connectivity index is 3.15. The van der Waals surface area contributed by atoms with Crippen molar-refractivity contribution in [2.45, 2.75) is 38.6 Å². The Morgan fingerprint density at radius 2 is 1.78 bits per heavy atom. The third-order valence-electron chi connectivity index (χ3n) is 1.10. The summed E-state index contributed by atoms with van der Waals surface area (Å²) in [6, 6.07) is 0. The minimum absolute atomic E-state index is 0.0633. The molecular formula is C6H14O3. The molecule has 0 heterocycles. The summed E-state index contributed by atoms with van der Waals surface area (Å²) in [7, 11) is 0. The van der Waals surface area contributed by atoms with E-state index in [1.54, 1.807) is 0 Å². The van der Waals surface area contributed by atoms with Crippen molar-refractivity contribution in [2.75, 3.05) is 0 Å². The first-order chi connectivity index (χ1) is 4.16. The monoisotopic (exact) mass is 134 g/mol. The summed E-state index contributed by atoms with van der Waals surface area (Å²) in [5.74, 6) is 0. The van der Waals surface area contributed by atoms with Gasteiger partial charge in [-0.3, -0.25) is 0 Å². The van der Waals surface area contributed by atoms with Crippen LogP contribution in [0.2, 0.25) is 0 Å². The van der Waals surface area contributed by atoms with Crippen molar-refractivity contribution >= 4 is 0 Å². The van der Waals surface area contributed by atoms with E-state index in [1.165, 1.54) is 0 Å². The first-order valence-electron chi connectivity index (χ1n) is 3.21. The summed E-state index contributed by atoms with van der Waals surface area (Å²) in [5.41, 5.74) is 0. The lowest BCUT2D eigenvalue weighted by molar-refractivity contribution is -0.0706. The van der Waals surface area contributed by atoms with Crippen LogP contribution < -0.4 is 0 Å². The average molecular weight is 134 g/mol. The van der Waals surface area contributed by atoms with Crippen molar-refractivity contribution in [3.05, 3.63) is 0 Å². The van der Waals surface area contributed by atoms with Crippen molar-refractivity contribution in [2.24, 2.45) is 0 Å². The molecule has 9 heavy (non-hydrogen) atoms. The maximum Gasteiger partial charge on any atom is 0.153 e. The molecule has 0 bridgehead atoms.